The minimum absolute atomic E-state index is 0.0503. The van der Waals surface area contributed by atoms with Gasteiger partial charge in [-0.3, -0.25) is 9.59 Å². The summed E-state index contributed by atoms with van der Waals surface area (Å²) in [6.07, 6.45) is 5.31. The van der Waals surface area contributed by atoms with Crippen molar-refractivity contribution in [3.63, 3.8) is 0 Å². The van der Waals surface area contributed by atoms with Gasteiger partial charge in [-0.2, -0.15) is 0 Å². The second-order valence-electron chi connectivity index (χ2n) is 6.61. The number of amides is 2. The Bertz CT molecular complexity index is 871. The first-order chi connectivity index (χ1) is 13.6. The molecule has 0 saturated heterocycles. The SMILES string of the molecule is COc1ccc(CNC(=O)/C=C/c2ccc(C(=O)NC3CC3)cc2)cc1OC. The Morgan fingerprint density at radius 2 is 1.75 bits per heavy atom. The van der Waals surface area contributed by atoms with E-state index in [0.717, 1.165) is 24.0 Å². The fourth-order valence-electron chi connectivity index (χ4n) is 2.65. The topological polar surface area (TPSA) is 76.7 Å². The molecule has 0 spiro atoms. The maximum atomic E-state index is 12.1. The Kier molecular flexibility index (Phi) is 6.32. The van der Waals surface area contributed by atoms with Gasteiger partial charge in [-0.25, -0.2) is 0 Å². The minimum Gasteiger partial charge on any atom is -0.493 e. The van der Waals surface area contributed by atoms with Gasteiger partial charge < -0.3 is 20.1 Å². The molecule has 0 aliphatic heterocycles. The van der Waals surface area contributed by atoms with Gasteiger partial charge in [-0.1, -0.05) is 18.2 Å². The number of carbonyl (C=O) groups excluding carboxylic acids is 2. The molecule has 1 aliphatic rings. The van der Waals surface area contributed by atoms with E-state index in [-0.39, 0.29) is 11.8 Å². The monoisotopic (exact) mass is 380 g/mol. The van der Waals surface area contributed by atoms with Gasteiger partial charge in [0.2, 0.25) is 5.91 Å². The largest absolute Gasteiger partial charge is 0.493 e. The summed E-state index contributed by atoms with van der Waals surface area (Å²) in [4.78, 5) is 24.0. The summed E-state index contributed by atoms with van der Waals surface area (Å²) in [5, 5.41) is 5.78. The molecule has 1 saturated carbocycles. The molecule has 0 heterocycles. The number of hydrogen-bond donors (Lipinski definition) is 2. The molecule has 0 aromatic heterocycles. The molecule has 0 bridgehead atoms. The van der Waals surface area contributed by atoms with Crippen molar-refractivity contribution >= 4 is 17.9 Å². The number of methoxy groups -OCH3 is 2. The molecule has 28 heavy (non-hydrogen) atoms. The number of nitrogens with one attached hydrogen (secondary N) is 2. The molecule has 2 N–H and O–H groups in total. The maximum absolute atomic E-state index is 12.1. The van der Waals surface area contributed by atoms with Crippen LogP contribution in [0.1, 0.15) is 34.3 Å². The highest BCUT2D eigenvalue weighted by atomic mass is 16.5. The zero-order chi connectivity index (χ0) is 19.9. The average Bonchev–Trinajstić information content (AvgIpc) is 3.54. The normalized spacial score (nSPS) is 13.2. The number of hydrogen-bond acceptors (Lipinski definition) is 4. The summed E-state index contributed by atoms with van der Waals surface area (Å²) in [5.74, 6) is 1.01. The number of rotatable bonds is 8. The summed E-state index contributed by atoms with van der Waals surface area (Å²) in [5.41, 5.74) is 2.39. The smallest absolute Gasteiger partial charge is 0.251 e. The van der Waals surface area contributed by atoms with Crippen LogP contribution in [0.5, 0.6) is 11.5 Å². The van der Waals surface area contributed by atoms with E-state index in [9.17, 15) is 9.59 Å². The van der Waals surface area contributed by atoms with E-state index < -0.39 is 0 Å². The van der Waals surface area contributed by atoms with Crippen molar-refractivity contribution < 1.29 is 19.1 Å². The van der Waals surface area contributed by atoms with Gasteiger partial charge in [0.25, 0.3) is 5.91 Å². The second kappa shape index (κ2) is 9.08. The zero-order valence-corrected chi connectivity index (χ0v) is 16.0. The van der Waals surface area contributed by atoms with Gasteiger partial charge in [0, 0.05) is 24.2 Å². The fourth-order valence-corrected chi connectivity index (χ4v) is 2.65. The van der Waals surface area contributed by atoms with Crippen LogP contribution < -0.4 is 20.1 Å². The summed E-state index contributed by atoms with van der Waals surface area (Å²) in [6, 6.07) is 13.0. The second-order valence-corrected chi connectivity index (χ2v) is 6.61. The van der Waals surface area contributed by atoms with Crippen LogP contribution in [0, 0.1) is 0 Å². The lowest BCUT2D eigenvalue weighted by molar-refractivity contribution is -0.116. The lowest BCUT2D eigenvalue weighted by atomic mass is 10.1. The Labute approximate surface area is 164 Å². The van der Waals surface area contributed by atoms with Crippen molar-refractivity contribution in [1.29, 1.82) is 0 Å². The third kappa shape index (κ3) is 5.36. The molecule has 1 aliphatic carbocycles. The lowest BCUT2D eigenvalue weighted by Gasteiger charge is -2.09. The van der Waals surface area contributed by atoms with Crippen LogP contribution in [-0.2, 0) is 11.3 Å². The Hall–Kier alpha value is -3.28. The van der Waals surface area contributed by atoms with Gasteiger partial charge in [0.1, 0.15) is 0 Å². The number of ether oxygens (including phenoxy) is 2. The van der Waals surface area contributed by atoms with Gasteiger partial charge in [-0.15, -0.1) is 0 Å². The Balaban J connectivity index is 1.51. The summed E-state index contributed by atoms with van der Waals surface area (Å²) < 4.78 is 10.5. The maximum Gasteiger partial charge on any atom is 0.251 e. The standard InChI is InChI=1S/C22H24N2O4/c1-27-19-11-5-16(13-20(19)28-2)14-23-21(25)12-6-15-3-7-17(8-4-15)22(26)24-18-9-10-18/h3-8,11-13,18H,9-10,14H2,1-2H3,(H,23,25)(H,24,26)/b12-6+. The fraction of sp³-hybridized carbons (Fsp3) is 0.273. The van der Waals surface area contributed by atoms with E-state index in [4.69, 9.17) is 9.47 Å². The van der Waals surface area contributed by atoms with E-state index >= 15 is 0 Å². The van der Waals surface area contributed by atoms with Crippen molar-refractivity contribution in [1.82, 2.24) is 10.6 Å². The molecule has 6 nitrogen and oxygen atoms in total. The van der Waals surface area contributed by atoms with Gasteiger partial charge in [0.15, 0.2) is 11.5 Å². The summed E-state index contributed by atoms with van der Waals surface area (Å²) in [7, 11) is 3.15. The summed E-state index contributed by atoms with van der Waals surface area (Å²) >= 11 is 0. The van der Waals surface area contributed by atoms with Crippen molar-refractivity contribution in [3.8, 4) is 11.5 Å². The molecule has 146 valence electrons. The third-order valence-electron chi connectivity index (χ3n) is 4.43. The predicted octanol–water partition coefficient (Wildman–Crippen LogP) is 2.93. The zero-order valence-electron chi connectivity index (χ0n) is 16.0. The molecule has 0 radical (unpaired) electrons. The van der Waals surface area contributed by atoms with Crippen LogP contribution in [0.15, 0.2) is 48.5 Å². The lowest BCUT2D eigenvalue weighted by Crippen LogP contribution is -2.25. The molecule has 1 fully saturated rings. The number of benzene rings is 2. The predicted molar refractivity (Wildman–Crippen MR) is 107 cm³/mol. The first-order valence-electron chi connectivity index (χ1n) is 9.17. The van der Waals surface area contributed by atoms with E-state index in [1.54, 1.807) is 38.5 Å². The highest BCUT2D eigenvalue weighted by Crippen LogP contribution is 2.27. The van der Waals surface area contributed by atoms with Crippen LogP contribution in [0.3, 0.4) is 0 Å². The van der Waals surface area contributed by atoms with Gasteiger partial charge in [0.05, 0.1) is 14.2 Å². The van der Waals surface area contributed by atoms with Crippen LogP contribution in [0.4, 0.5) is 0 Å². The van der Waals surface area contributed by atoms with Crippen molar-refractivity contribution in [2.45, 2.75) is 25.4 Å². The molecule has 2 aromatic carbocycles. The van der Waals surface area contributed by atoms with Gasteiger partial charge in [-0.05, 0) is 54.3 Å². The minimum atomic E-state index is -0.203. The number of carbonyl (C=O) groups is 2. The average molecular weight is 380 g/mol. The summed E-state index contributed by atoms with van der Waals surface area (Å²) in [6.45, 7) is 0.379. The Morgan fingerprint density at radius 3 is 2.39 bits per heavy atom. The molecule has 2 aromatic rings. The van der Waals surface area contributed by atoms with Crippen LogP contribution >= 0.6 is 0 Å². The highest BCUT2D eigenvalue weighted by molar-refractivity contribution is 5.95. The van der Waals surface area contributed by atoms with Crippen LogP contribution in [0.25, 0.3) is 6.08 Å². The molecule has 0 atom stereocenters. The van der Waals surface area contributed by atoms with Crippen molar-refractivity contribution in [3.05, 3.63) is 65.2 Å². The molecule has 6 heteroatoms. The van der Waals surface area contributed by atoms with E-state index in [1.165, 1.54) is 6.08 Å². The van der Waals surface area contributed by atoms with E-state index in [2.05, 4.69) is 10.6 Å². The molecule has 0 unspecified atom stereocenters. The Morgan fingerprint density at radius 1 is 1.04 bits per heavy atom. The highest BCUT2D eigenvalue weighted by Gasteiger charge is 2.23. The van der Waals surface area contributed by atoms with Crippen LogP contribution in [-0.4, -0.2) is 32.1 Å². The van der Waals surface area contributed by atoms with E-state index in [1.807, 2.05) is 24.3 Å². The molecule has 2 amide bonds. The van der Waals surface area contributed by atoms with Crippen molar-refractivity contribution in [2.24, 2.45) is 0 Å². The van der Waals surface area contributed by atoms with E-state index in [0.29, 0.717) is 29.6 Å². The third-order valence-corrected chi connectivity index (χ3v) is 4.43. The first kappa shape index (κ1) is 19.5. The van der Waals surface area contributed by atoms with Crippen molar-refractivity contribution in [2.75, 3.05) is 14.2 Å². The molecular formula is C22H24N2O4. The van der Waals surface area contributed by atoms with Gasteiger partial charge >= 0.3 is 0 Å². The first-order valence-corrected chi connectivity index (χ1v) is 9.17. The quantitative estimate of drug-likeness (QED) is 0.691. The molecule has 3 rings (SSSR count). The van der Waals surface area contributed by atoms with Crippen LogP contribution in [0.2, 0.25) is 0 Å². The molecular weight excluding hydrogens is 356 g/mol.